The van der Waals surface area contributed by atoms with E-state index < -0.39 is 5.41 Å². The Morgan fingerprint density at radius 3 is 2.80 bits per heavy atom. The monoisotopic (exact) mass is 210 g/mol. The predicted molar refractivity (Wildman–Crippen MR) is 57.9 cm³/mol. The molecule has 0 unspecified atom stereocenters. The van der Waals surface area contributed by atoms with Crippen molar-refractivity contribution in [2.24, 2.45) is 18.2 Å². The molecule has 0 aliphatic heterocycles. The summed E-state index contributed by atoms with van der Waals surface area (Å²) in [6, 6.07) is 1.87. The summed E-state index contributed by atoms with van der Waals surface area (Å²) in [7, 11) is 1.84. The Hall–Kier alpha value is -1.36. The van der Waals surface area contributed by atoms with Gasteiger partial charge in [0.1, 0.15) is 0 Å². The molecule has 1 amide bonds. The summed E-state index contributed by atoms with van der Waals surface area (Å²) in [6.45, 7) is 4.47. The Kier molecular flexibility index (Phi) is 3.47. The zero-order chi connectivity index (χ0) is 11.5. The summed E-state index contributed by atoms with van der Waals surface area (Å²) < 4.78 is 1.73. The van der Waals surface area contributed by atoms with Crippen LogP contribution in [0.1, 0.15) is 19.5 Å². The molecule has 15 heavy (non-hydrogen) atoms. The molecule has 0 saturated carbocycles. The van der Waals surface area contributed by atoms with E-state index in [0.717, 1.165) is 5.69 Å². The number of carbonyl (C=O) groups is 1. The fourth-order valence-corrected chi connectivity index (χ4v) is 1.08. The van der Waals surface area contributed by atoms with Gasteiger partial charge in [0.05, 0.1) is 17.7 Å². The van der Waals surface area contributed by atoms with Crippen LogP contribution >= 0.6 is 0 Å². The van der Waals surface area contributed by atoms with Gasteiger partial charge in [-0.15, -0.1) is 0 Å². The van der Waals surface area contributed by atoms with Crippen molar-refractivity contribution in [1.82, 2.24) is 15.1 Å². The molecule has 5 nitrogen and oxygen atoms in total. The van der Waals surface area contributed by atoms with Crippen LogP contribution in [-0.4, -0.2) is 22.2 Å². The van der Waals surface area contributed by atoms with Crippen molar-refractivity contribution in [3.63, 3.8) is 0 Å². The van der Waals surface area contributed by atoms with Gasteiger partial charge in [0, 0.05) is 19.8 Å². The molecule has 1 rings (SSSR count). The first-order chi connectivity index (χ1) is 6.97. The summed E-state index contributed by atoms with van der Waals surface area (Å²) in [6.07, 6.45) is 1.70. The van der Waals surface area contributed by atoms with Crippen molar-refractivity contribution in [3.8, 4) is 0 Å². The van der Waals surface area contributed by atoms with Gasteiger partial charge in [-0.1, -0.05) is 0 Å². The molecule has 84 valence electrons. The average Bonchev–Trinajstić information content (AvgIpc) is 2.60. The van der Waals surface area contributed by atoms with Crippen molar-refractivity contribution < 1.29 is 4.79 Å². The molecule has 0 bridgehead atoms. The second-order valence-electron chi connectivity index (χ2n) is 4.22. The van der Waals surface area contributed by atoms with E-state index in [1.54, 1.807) is 10.9 Å². The van der Waals surface area contributed by atoms with Crippen LogP contribution in [0.15, 0.2) is 12.3 Å². The van der Waals surface area contributed by atoms with Gasteiger partial charge >= 0.3 is 0 Å². The molecule has 0 saturated heterocycles. The van der Waals surface area contributed by atoms with E-state index in [1.165, 1.54) is 0 Å². The largest absolute Gasteiger partial charge is 0.350 e. The molecule has 0 fully saturated rings. The number of aromatic nitrogens is 2. The van der Waals surface area contributed by atoms with Gasteiger partial charge < -0.3 is 11.1 Å². The van der Waals surface area contributed by atoms with Gasteiger partial charge in [0.2, 0.25) is 5.91 Å². The number of amides is 1. The van der Waals surface area contributed by atoms with Crippen molar-refractivity contribution in [2.45, 2.75) is 20.4 Å². The van der Waals surface area contributed by atoms with Gasteiger partial charge in [0.25, 0.3) is 0 Å². The zero-order valence-electron chi connectivity index (χ0n) is 9.45. The number of nitrogens with zero attached hydrogens (tertiary/aromatic N) is 2. The van der Waals surface area contributed by atoms with Gasteiger partial charge in [-0.2, -0.15) is 5.10 Å². The third-order valence-corrected chi connectivity index (χ3v) is 2.48. The molecule has 1 heterocycles. The highest BCUT2D eigenvalue weighted by molar-refractivity contribution is 5.81. The maximum absolute atomic E-state index is 11.7. The Bertz CT molecular complexity index is 343. The van der Waals surface area contributed by atoms with Gasteiger partial charge in [-0.25, -0.2) is 0 Å². The van der Waals surface area contributed by atoms with E-state index in [1.807, 2.05) is 27.0 Å². The van der Waals surface area contributed by atoms with Crippen LogP contribution in [-0.2, 0) is 18.4 Å². The summed E-state index contributed by atoms with van der Waals surface area (Å²) >= 11 is 0. The number of aryl methyl sites for hydroxylation is 1. The van der Waals surface area contributed by atoms with Gasteiger partial charge in [-0.3, -0.25) is 9.48 Å². The van der Waals surface area contributed by atoms with Crippen molar-refractivity contribution in [2.75, 3.05) is 6.54 Å². The summed E-state index contributed by atoms with van der Waals surface area (Å²) in [5.74, 6) is -0.0359. The lowest BCUT2D eigenvalue weighted by Crippen LogP contribution is -2.41. The number of hydrogen-bond donors (Lipinski definition) is 2. The number of hydrogen-bond acceptors (Lipinski definition) is 3. The molecule has 0 aliphatic rings. The third-order valence-electron chi connectivity index (χ3n) is 2.48. The first-order valence-corrected chi connectivity index (χ1v) is 4.92. The lowest BCUT2D eigenvalue weighted by molar-refractivity contribution is -0.129. The van der Waals surface area contributed by atoms with Crippen molar-refractivity contribution >= 4 is 5.91 Å². The lowest BCUT2D eigenvalue weighted by Gasteiger charge is -2.21. The fraction of sp³-hybridized carbons (Fsp3) is 0.600. The van der Waals surface area contributed by atoms with E-state index in [-0.39, 0.29) is 5.91 Å². The molecular weight excluding hydrogens is 192 g/mol. The Morgan fingerprint density at radius 2 is 2.33 bits per heavy atom. The molecule has 3 N–H and O–H groups in total. The molecule has 0 atom stereocenters. The minimum Gasteiger partial charge on any atom is -0.350 e. The highest BCUT2D eigenvalue weighted by atomic mass is 16.2. The maximum Gasteiger partial charge on any atom is 0.227 e. The smallest absolute Gasteiger partial charge is 0.227 e. The zero-order valence-corrected chi connectivity index (χ0v) is 9.45. The SMILES string of the molecule is Cn1nccc1CNC(=O)C(C)(C)CN. The molecule has 0 spiro atoms. The van der Waals surface area contributed by atoms with Crippen molar-refractivity contribution in [1.29, 1.82) is 0 Å². The molecule has 0 aromatic carbocycles. The Morgan fingerprint density at radius 1 is 1.67 bits per heavy atom. The minimum absolute atomic E-state index is 0.0359. The van der Waals surface area contributed by atoms with Crippen LogP contribution in [0.4, 0.5) is 0 Å². The molecule has 5 heteroatoms. The van der Waals surface area contributed by atoms with E-state index in [0.29, 0.717) is 13.1 Å². The number of nitrogens with one attached hydrogen (secondary N) is 1. The van der Waals surface area contributed by atoms with Gasteiger partial charge in [-0.05, 0) is 19.9 Å². The Labute approximate surface area is 89.6 Å². The fourth-order valence-electron chi connectivity index (χ4n) is 1.08. The van der Waals surface area contributed by atoms with Crippen LogP contribution in [0.3, 0.4) is 0 Å². The minimum atomic E-state index is -0.515. The highest BCUT2D eigenvalue weighted by Crippen LogP contribution is 2.12. The second-order valence-corrected chi connectivity index (χ2v) is 4.22. The lowest BCUT2D eigenvalue weighted by atomic mass is 9.93. The standard InChI is InChI=1S/C10H18N4O/c1-10(2,7-11)9(15)12-6-8-4-5-13-14(8)3/h4-5H,6-7,11H2,1-3H3,(H,12,15). The molecule has 0 aliphatic carbocycles. The van der Waals surface area contributed by atoms with E-state index in [4.69, 9.17) is 5.73 Å². The Balaban J connectivity index is 2.52. The molecular formula is C10H18N4O. The van der Waals surface area contributed by atoms with Gasteiger partial charge in [0.15, 0.2) is 0 Å². The average molecular weight is 210 g/mol. The van der Waals surface area contributed by atoms with E-state index in [2.05, 4.69) is 10.4 Å². The summed E-state index contributed by atoms with van der Waals surface area (Å²) in [4.78, 5) is 11.7. The molecule has 1 aromatic heterocycles. The quantitative estimate of drug-likeness (QED) is 0.736. The van der Waals surface area contributed by atoms with Crippen LogP contribution in [0, 0.1) is 5.41 Å². The van der Waals surface area contributed by atoms with Crippen LogP contribution in [0.5, 0.6) is 0 Å². The van der Waals surface area contributed by atoms with Crippen LogP contribution in [0.25, 0.3) is 0 Å². The van der Waals surface area contributed by atoms with Crippen LogP contribution < -0.4 is 11.1 Å². The van der Waals surface area contributed by atoms with E-state index in [9.17, 15) is 4.79 Å². The highest BCUT2D eigenvalue weighted by Gasteiger charge is 2.25. The topological polar surface area (TPSA) is 72.9 Å². The normalized spacial score (nSPS) is 11.5. The number of rotatable bonds is 4. The van der Waals surface area contributed by atoms with Crippen molar-refractivity contribution in [3.05, 3.63) is 18.0 Å². The maximum atomic E-state index is 11.7. The number of carbonyl (C=O) groups excluding carboxylic acids is 1. The first kappa shape index (κ1) is 11.7. The second kappa shape index (κ2) is 4.44. The number of nitrogens with two attached hydrogens (primary N) is 1. The summed E-state index contributed by atoms with van der Waals surface area (Å²) in [5, 5.41) is 6.85. The third kappa shape index (κ3) is 2.79. The molecule has 1 aromatic rings. The van der Waals surface area contributed by atoms with E-state index >= 15 is 0 Å². The first-order valence-electron chi connectivity index (χ1n) is 4.92. The van der Waals surface area contributed by atoms with Crippen LogP contribution in [0.2, 0.25) is 0 Å². The molecule has 0 radical (unpaired) electrons. The predicted octanol–water partition coefficient (Wildman–Crippen LogP) is 0.0212. The summed E-state index contributed by atoms with van der Waals surface area (Å²) in [5.41, 5.74) is 5.96.